The minimum absolute atomic E-state index is 0.205. The molecule has 0 saturated heterocycles. The van der Waals surface area contributed by atoms with Gasteiger partial charge in [0.15, 0.2) is 0 Å². The highest BCUT2D eigenvalue weighted by atomic mass is 32.2. The number of esters is 1. The van der Waals surface area contributed by atoms with Gasteiger partial charge in [-0.25, -0.2) is 4.39 Å². The quantitative estimate of drug-likeness (QED) is 0.820. The molecule has 6 heteroatoms. The van der Waals surface area contributed by atoms with Crippen LogP contribution in [0.2, 0.25) is 0 Å². The Balaban J connectivity index is 2.37. The molecule has 4 nitrogen and oxygen atoms in total. The number of halogens is 1. The Morgan fingerprint density at radius 3 is 2.75 bits per heavy atom. The Bertz CT molecular complexity index is 493. The van der Waals surface area contributed by atoms with Gasteiger partial charge in [-0.1, -0.05) is 13.0 Å². The molecule has 1 rings (SSSR count). The molecule has 0 heterocycles. The summed E-state index contributed by atoms with van der Waals surface area (Å²) in [5, 5.41) is 2.61. The molecule has 1 amide bonds. The van der Waals surface area contributed by atoms with Crippen LogP contribution >= 0.6 is 11.8 Å². The van der Waals surface area contributed by atoms with E-state index in [-0.39, 0.29) is 29.4 Å². The molecule has 1 aromatic rings. The van der Waals surface area contributed by atoms with Gasteiger partial charge in [-0.3, -0.25) is 9.59 Å². The van der Waals surface area contributed by atoms with E-state index in [1.54, 1.807) is 26.0 Å². The normalized spacial score (nSPS) is 11.8. The van der Waals surface area contributed by atoms with Crippen LogP contribution < -0.4 is 5.32 Å². The summed E-state index contributed by atoms with van der Waals surface area (Å²) in [6, 6.07) is 4.55. The van der Waals surface area contributed by atoms with E-state index in [2.05, 4.69) is 10.1 Å². The summed E-state index contributed by atoms with van der Waals surface area (Å²) >= 11 is 1.33. The minimum Gasteiger partial charge on any atom is -0.469 e. The van der Waals surface area contributed by atoms with Crippen LogP contribution in [0.1, 0.15) is 12.5 Å². The van der Waals surface area contributed by atoms with Crippen LogP contribution in [0.4, 0.5) is 10.1 Å². The van der Waals surface area contributed by atoms with Crippen LogP contribution in [0, 0.1) is 18.7 Å². The molecule has 0 aromatic heterocycles. The van der Waals surface area contributed by atoms with Crippen molar-refractivity contribution in [1.29, 1.82) is 0 Å². The van der Waals surface area contributed by atoms with E-state index in [9.17, 15) is 14.0 Å². The molecule has 0 radical (unpaired) electrons. The maximum atomic E-state index is 13.3. The van der Waals surface area contributed by atoms with Crippen molar-refractivity contribution in [2.24, 2.45) is 5.92 Å². The summed E-state index contributed by atoms with van der Waals surface area (Å²) in [5.41, 5.74) is 0.962. The molecule has 0 fully saturated rings. The van der Waals surface area contributed by atoms with Crippen LogP contribution in [-0.2, 0) is 14.3 Å². The van der Waals surface area contributed by atoms with Crippen molar-refractivity contribution in [2.75, 3.05) is 23.9 Å². The van der Waals surface area contributed by atoms with Crippen LogP contribution in [0.25, 0.3) is 0 Å². The number of benzene rings is 1. The predicted octanol–water partition coefficient (Wildman–Crippen LogP) is 2.61. The molecular formula is C14H18FNO3S. The number of hydrogen-bond donors (Lipinski definition) is 1. The number of carbonyl (C=O) groups excluding carboxylic acids is 2. The summed E-state index contributed by atoms with van der Waals surface area (Å²) in [6.45, 7) is 3.40. The Hall–Kier alpha value is -1.56. The van der Waals surface area contributed by atoms with E-state index in [4.69, 9.17) is 0 Å². The molecule has 0 saturated carbocycles. The van der Waals surface area contributed by atoms with Gasteiger partial charge in [0, 0.05) is 11.4 Å². The Kier molecular flexibility index (Phi) is 6.51. The third-order valence-electron chi connectivity index (χ3n) is 2.66. The van der Waals surface area contributed by atoms with Crippen molar-refractivity contribution < 1.29 is 18.7 Å². The van der Waals surface area contributed by atoms with Gasteiger partial charge >= 0.3 is 5.97 Å². The Morgan fingerprint density at radius 1 is 1.45 bits per heavy atom. The smallest absolute Gasteiger partial charge is 0.309 e. The SMILES string of the molecule is COC(=O)C(C)CSCC(=O)Nc1ccc(C)c(F)c1. The van der Waals surface area contributed by atoms with Gasteiger partial charge in [0.25, 0.3) is 0 Å². The number of nitrogens with one attached hydrogen (secondary N) is 1. The van der Waals surface area contributed by atoms with Gasteiger partial charge in [0.05, 0.1) is 18.8 Å². The second-order valence-electron chi connectivity index (χ2n) is 4.45. The zero-order chi connectivity index (χ0) is 15.1. The lowest BCUT2D eigenvalue weighted by atomic mass is 10.2. The predicted molar refractivity (Wildman–Crippen MR) is 78.3 cm³/mol. The van der Waals surface area contributed by atoms with Crippen molar-refractivity contribution in [3.8, 4) is 0 Å². The Morgan fingerprint density at radius 2 is 2.15 bits per heavy atom. The second-order valence-corrected chi connectivity index (χ2v) is 5.48. The number of rotatable bonds is 6. The van der Waals surface area contributed by atoms with Crippen molar-refractivity contribution in [1.82, 2.24) is 0 Å². The summed E-state index contributed by atoms with van der Waals surface area (Å²) in [5.74, 6) is -0.419. The average molecular weight is 299 g/mol. The molecule has 1 aromatic carbocycles. The van der Waals surface area contributed by atoms with Gasteiger partial charge < -0.3 is 10.1 Å². The van der Waals surface area contributed by atoms with E-state index in [1.807, 2.05) is 0 Å². The number of carbonyl (C=O) groups is 2. The number of amides is 1. The Labute approximate surface area is 122 Å². The van der Waals surface area contributed by atoms with E-state index < -0.39 is 0 Å². The first kappa shape index (κ1) is 16.5. The van der Waals surface area contributed by atoms with Gasteiger partial charge in [-0.2, -0.15) is 11.8 Å². The molecule has 20 heavy (non-hydrogen) atoms. The lowest BCUT2D eigenvalue weighted by molar-refractivity contribution is -0.144. The topological polar surface area (TPSA) is 55.4 Å². The maximum absolute atomic E-state index is 13.3. The summed E-state index contributed by atoms with van der Waals surface area (Å²) in [7, 11) is 1.34. The summed E-state index contributed by atoms with van der Waals surface area (Å²) in [4.78, 5) is 22.8. The fourth-order valence-electron chi connectivity index (χ4n) is 1.47. The fraction of sp³-hybridized carbons (Fsp3) is 0.429. The highest BCUT2D eigenvalue weighted by molar-refractivity contribution is 8.00. The van der Waals surface area contributed by atoms with Crippen molar-refractivity contribution in [3.63, 3.8) is 0 Å². The second kappa shape index (κ2) is 7.89. The monoisotopic (exact) mass is 299 g/mol. The van der Waals surface area contributed by atoms with Crippen LogP contribution in [-0.4, -0.2) is 30.5 Å². The lowest BCUT2D eigenvalue weighted by Crippen LogP contribution is -2.18. The largest absolute Gasteiger partial charge is 0.469 e. The third kappa shape index (κ3) is 5.21. The van der Waals surface area contributed by atoms with Crippen LogP contribution in [0.5, 0.6) is 0 Å². The van der Waals surface area contributed by atoms with Gasteiger partial charge in [0.2, 0.25) is 5.91 Å². The van der Waals surface area contributed by atoms with Gasteiger partial charge in [-0.15, -0.1) is 0 Å². The van der Waals surface area contributed by atoms with Crippen molar-refractivity contribution in [2.45, 2.75) is 13.8 Å². The molecule has 1 unspecified atom stereocenters. The van der Waals surface area contributed by atoms with E-state index in [0.29, 0.717) is 17.0 Å². The van der Waals surface area contributed by atoms with E-state index in [0.717, 1.165) is 0 Å². The number of methoxy groups -OCH3 is 1. The van der Waals surface area contributed by atoms with Crippen molar-refractivity contribution >= 4 is 29.3 Å². The lowest BCUT2D eigenvalue weighted by Gasteiger charge is -2.09. The standard InChI is InChI=1S/C14H18FNO3S/c1-9-4-5-11(6-12(9)15)16-13(17)8-20-7-10(2)14(18)19-3/h4-6,10H,7-8H2,1-3H3,(H,16,17). The number of anilines is 1. The first-order valence-electron chi connectivity index (χ1n) is 6.15. The molecule has 0 aliphatic carbocycles. The summed E-state index contributed by atoms with van der Waals surface area (Å²) < 4.78 is 17.9. The zero-order valence-corrected chi connectivity index (χ0v) is 12.6. The molecule has 0 spiro atoms. The molecule has 0 aliphatic rings. The molecule has 1 atom stereocenters. The average Bonchev–Trinajstić information content (AvgIpc) is 2.41. The fourth-order valence-corrected chi connectivity index (χ4v) is 2.33. The summed E-state index contributed by atoms with van der Waals surface area (Å²) in [6.07, 6.45) is 0. The molecule has 1 N–H and O–H groups in total. The maximum Gasteiger partial charge on any atom is 0.309 e. The first-order valence-corrected chi connectivity index (χ1v) is 7.31. The van der Waals surface area contributed by atoms with Gasteiger partial charge in [-0.05, 0) is 24.6 Å². The number of hydrogen-bond acceptors (Lipinski definition) is 4. The molecular weight excluding hydrogens is 281 g/mol. The third-order valence-corrected chi connectivity index (χ3v) is 3.86. The van der Waals surface area contributed by atoms with E-state index in [1.165, 1.54) is 24.9 Å². The highest BCUT2D eigenvalue weighted by Gasteiger charge is 2.13. The zero-order valence-electron chi connectivity index (χ0n) is 11.7. The molecule has 0 aliphatic heterocycles. The van der Waals surface area contributed by atoms with Crippen molar-refractivity contribution in [3.05, 3.63) is 29.6 Å². The first-order chi connectivity index (χ1) is 9.43. The number of aryl methyl sites for hydroxylation is 1. The minimum atomic E-state index is -0.352. The van der Waals surface area contributed by atoms with Gasteiger partial charge in [0.1, 0.15) is 5.82 Å². The highest BCUT2D eigenvalue weighted by Crippen LogP contribution is 2.15. The van der Waals surface area contributed by atoms with Crippen LogP contribution in [0.3, 0.4) is 0 Å². The molecule has 110 valence electrons. The van der Waals surface area contributed by atoms with E-state index >= 15 is 0 Å². The van der Waals surface area contributed by atoms with Crippen LogP contribution in [0.15, 0.2) is 18.2 Å². The number of ether oxygens (including phenoxy) is 1. The number of thioether (sulfide) groups is 1. The molecule has 0 bridgehead atoms.